The van der Waals surface area contributed by atoms with Gasteiger partial charge in [0, 0.05) is 26.2 Å². The summed E-state index contributed by atoms with van der Waals surface area (Å²) in [7, 11) is 0. The van der Waals surface area contributed by atoms with Crippen LogP contribution in [-0.4, -0.2) is 80.7 Å². The molecule has 1 aliphatic rings. The van der Waals surface area contributed by atoms with Crippen LogP contribution in [0, 0.1) is 0 Å². The first-order chi connectivity index (χ1) is 12.6. The first kappa shape index (κ1) is 23.9. The summed E-state index contributed by atoms with van der Waals surface area (Å²) in [6.07, 6.45) is 0. The van der Waals surface area contributed by atoms with E-state index >= 15 is 0 Å². The van der Waals surface area contributed by atoms with Crippen LogP contribution in [0.1, 0.15) is 13.8 Å². The van der Waals surface area contributed by atoms with Gasteiger partial charge in [0.25, 0.3) is 0 Å². The highest BCUT2D eigenvalue weighted by Crippen LogP contribution is 2.09. The number of aliphatic hydroxyl groups is 1. The summed E-state index contributed by atoms with van der Waals surface area (Å²) < 4.78 is 11.0. The Morgan fingerprint density at radius 2 is 1.96 bits per heavy atom. The van der Waals surface area contributed by atoms with Crippen molar-refractivity contribution in [2.75, 3.05) is 59.1 Å². The highest BCUT2D eigenvalue weighted by Gasteiger charge is 2.25. The summed E-state index contributed by atoms with van der Waals surface area (Å²) in [4.78, 5) is 6.74. The lowest BCUT2D eigenvalue weighted by atomic mass is 10.1. The number of nitrogens with one attached hydrogen (secondary N) is 2. The molecule has 154 valence electrons. The zero-order valence-corrected chi connectivity index (χ0v) is 18.6. The average molecular weight is 492 g/mol. The standard InChI is InChI=1S/C19H32N4O3.HI/c1-3-20-18(21-9-12-26-17-7-5-4-6-8-17)22-15-19(2,24)16-23-10-13-25-14-11-23;/h4-8,24H,3,9-16H2,1-2H3,(H2,20,21,22);1H. The lowest BCUT2D eigenvalue weighted by Crippen LogP contribution is -2.48. The van der Waals surface area contributed by atoms with Crippen LogP contribution in [-0.2, 0) is 4.74 Å². The van der Waals surface area contributed by atoms with E-state index in [1.807, 2.05) is 44.2 Å². The van der Waals surface area contributed by atoms with E-state index in [1.165, 1.54) is 0 Å². The van der Waals surface area contributed by atoms with Gasteiger partial charge in [-0.15, -0.1) is 24.0 Å². The third-order valence-corrected chi connectivity index (χ3v) is 4.00. The van der Waals surface area contributed by atoms with E-state index in [1.54, 1.807) is 0 Å². The topological polar surface area (TPSA) is 78.4 Å². The van der Waals surface area contributed by atoms with E-state index < -0.39 is 5.60 Å². The number of ether oxygens (including phenoxy) is 2. The van der Waals surface area contributed by atoms with Gasteiger partial charge in [0.05, 0.1) is 31.9 Å². The van der Waals surface area contributed by atoms with E-state index in [9.17, 15) is 5.11 Å². The molecule has 1 unspecified atom stereocenters. The quantitative estimate of drug-likeness (QED) is 0.209. The fourth-order valence-electron chi connectivity index (χ4n) is 2.74. The first-order valence-electron chi connectivity index (χ1n) is 9.31. The van der Waals surface area contributed by atoms with Gasteiger partial charge in [-0.1, -0.05) is 18.2 Å². The second-order valence-corrected chi connectivity index (χ2v) is 6.67. The fraction of sp³-hybridized carbons (Fsp3) is 0.632. The molecule has 0 aliphatic carbocycles. The van der Waals surface area contributed by atoms with Crippen molar-refractivity contribution in [1.82, 2.24) is 15.5 Å². The molecule has 1 fully saturated rings. The molecule has 0 radical (unpaired) electrons. The van der Waals surface area contributed by atoms with Crippen LogP contribution in [0.3, 0.4) is 0 Å². The summed E-state index contributed by atoms with van der Waals surface area (Å²) in [5.74, 6) is 1.54. The minimum Gasteiger partial charge on any atom is -0.492 e. The number of halogens is 1. The molecule has 0 bridgehead atoms. The lowest BCUT2D eigenvalue weighted by Gasteiger charge is -2.33. The van der Waals surface area contributed by atoms with Gasteiger partial charge in [0.2, 0.25) is 0 Å². The number of morpholine rings is 1. The molecule has 1 aromatic rings. The van der Waals surface area contributed by atoms with Crippen molar-refractivity contribution in [1.29, 1.82) is 0 Å². The van der Waals surface area contributed by atoms with Gasteiger partial charge >= 0.3 is 0 Å². The molecule has 3 N–H and O–H groups in total. The fourth-order valence-corrected chi connectivity index (χ4v) is 2.74. The van der Waals surface area contributed by atoms with Crippen LogP contribution < -0.4 is 15.4 Å². The van der Waals surface area contributed by atoms with E-state index in [0.29, 0.717) is 32.2 Å². The molecule has 1 saturated heterocycles. The Hall–Kier alpha value is -1.10. The number of hydrogen-bond acceptors (Lipinski definition) is 5. The molecule has 2 rings (SSSR count). The summed E-state index contributed by atoms with van der Waals surface area (Å²) in [6, 6.07) is 9.73. The summed E-state index contributed by atoms with van der Waals surface area (Å²) in [6.45, 7) is 9.87. The van der Waals surface area contributed by atoms with Crippen LogP contribution in [0.15, 0.2) is 35.3 Å². The molecule has 8 heteroatoms. The monoisotopic (exact) mass is 492 g/mol. The van der Waals surface area contributed by atoms with Gasteiger partial charge in [-0.05, 0) is 26.0 Å². The van der Waals surface area contributed by atoms with Gasteiger partial charge in [0.1, 0.15) is 12.4 Å². The second kappa shape index (κ2) is 13.1. The van der Waals surface area contributed by atoms with Crippen molar-refractivity contribution in [3.63, 3.8) is 0 Å². The number of guanidine groups is 1. The Bertz CT molecular complexity index is 537. The van der Waals surface area contributed by atoms with Gasteiger partial charge in [-0.25, -0.2) is 0 Å². The Labute approximate surface area is 179 Å². The highest BCUT2D eigenvalue weighted by atomic mass is 127. The molecule has 7 nitrogen and oxygen atoms in total. The second-order valence-electron chi connectivity index (χ2n) is 6.67. The first-order valence-corrected chi connectivity index (χ1v) is 9.31. The van der Waals surface area contributed by atoms with Crippen molar-refractivity contribution in [3.8, 4) is 5.75 Å². The maximum atomic E-state index is 10.6. The SMILES string of the molecule is CCNC(=NCC(C)(O)CN1CCOCC1)NCCOc1ccccc1.I. The highest BCUT2D eigenvalue weighted by molar-refractivity contribution is 14.0. The molecule has 1 atom stereocenters. The zero-order chi connectivity index (χ0) is 18.7. The molecule has 1 heterocycles. The van der Waals surface area contributed by atoms with Crippen molar-refractivity contribution in [2.45, 2.75) is 19.4 Å². The van der Waals surface area contributed by atoms with Crippen molar-refractivity contribution in [2.24, 2.45) is 4.99 Å². The number of aliphatic imine (C=N–C) groups is 1. The van der Waals surface area contributed by atoms with E-state index in [-0.39, 0.29) is 24.0 Å². The minimum atomic E-state index is -0.875. The Kier molecular flexibility index (Phi) is 11.7. The van der Waals surface area contributed by atoms with Crippen molar-refractivity contribution >= 4 is 29.9 Å². The number of benzene rings is 1. The number of rotatable bonds is 9. The van der Waals surface area contributed by atoms with E-state index in [4.69, 9.17) is 9.47 Å². The van der Waals surface area contributed by atoms with Gasteiger partial charge in [-0.2, -0.15) is 0 Å². The van der Waals surface area contributed by atoms with Crippen molar-refractivity contribution < 1.29 is 14.6 Å². The van der Waals surface area contributed by atoms with Crippen LogP contribution >= 0.6 is 24.0 Å². The number of hydrogen-bond donors (Lipinski definition) is 3. The largest absolute Gasteiger partial charge is 0.492 e. The minimum absolute atomic E-state index is 0. The van der Waals surface area contributed by atoms with Gasteiger partial charge < -0.3 is 25.2 Å². The van der Waals surface area contributed by atoms with Gasteiger partial charge in [-0.3, -0.25) is 9.89 Å². The van der Waals surface area contributed by atoms with Crippen LogP contribution in [0.25, 0.3) is 0 Å². The summed E-state index contributed by atoms with van der Waals surface area (Å²) in [5, 5.41) is 17.1. The average Bonchev–Trinajstić information content (AvgIpc) is 2.64. The van der Waals surface area contributed by atoms with Crippen LogP contribution in [0.2, 0.25) is 0 Å². The van der Waals surface area contributed by atoms with E-state index in [2.05, 4.69) is 20.5 Å². The van der Waals surface area contributed by atoms with Crippen LogP contribution in [0.4, 0.5) is 0 Å². The molecular formula is C19H33IN4O3. The molecular weight excluding hydrogens is 459 g/mol. The summed E-state index contributed by atoms with van der Waals surface area (Å²) >= 11 is 0. The Balaban J connectivity index is 0.00000364. The molecule has 1 aromatic carbocycles. The Morgan fingerprint density at radius 3 is 2.63 bits per heavy atom. The smallest absolute Gasteiger partial charge is 0.191 e. The van der Waals surface area contributed by atoms with E-state index in [0.717, 1.165) is 38.6 Å². The lowest BCUT2D eigenvalue weighted by molar-refractivity contribution is -0.0179. The van der Waals surface area contributed by atoms with Crippen molar-refractivity contribution in [3.05, 3.63) is 30.3 Å². The molecule has 0 spiro atoms. The molecule has 1 aliphatic heterocycles. The number of para-hydroxylation sites is 1. The zero-order valence-electron chi connectivity index (χ0n) is 16.3. The molecule has 0 saturated carbocycles. The van der Waals surface area contributed by atoms with Gasteiger partial charge in [0.15, 0.2) is 5.96 Å². The van der Waals surface area contributed by atoms with Crippen LogP contribution in [0.5, 0.6) is 5.75 Å². The third-order valence-electron chi connectivity index (χ3n) is 4.00. The predicted molar refractivity (Wildman–Crippen MR) is 119 cm³/mol. The third kappa shape index (κ3) is 10.1. The summed E-state index contributed by atoms with van der Waals surface area (Å²) in [5.41, 5.74) is -0.875. The number of β-amino-alcohol motifs (C(OH)–C–C–N with tert-alkyl or cyclic N) is 1. The maximum Gasteiger partial charge on any atom is 0.191 e. The molecule has 27 heavy (non-hydrogen) atoms. The number of nitrogens with zero attached hydrogens (tertiary/aromatic N) is 2. The maximum absolute atomic E-state index is 10.6. The molecule has 0 amide bonds. The molecule has 0 aromatic heterocycles. The normalized spacial score (nSPS) is 17.5. The Morgan fingerprint density at radius 1 is 1.26 bits per heavy atom. The predicted octanol–water partition coefficient (Wildman–Crippen LogP) is 1.32.